The molecule has 5 atom stereocenters. The van der Waals surface area contributed by atoms with Gasteiger partial charge in [-0.05, 0) is 19.1 Å². The first-order valence-corrected chi connectivity index (χ1v) is 8.74. The number of rotatable bonds is 6. The predicted molar refractivity (Wildman–Crippen MR) is 82.8 cm³/mol. The highest BCUT2D eigenvalue weighted by Crippen LogP contribution is 2.25. The lowest BCUT2D eigenvalue weighted by Gasteiger charge is -2.41. The van der Waals surface area contributed by atoms with Crippen molar-refractivity contribution in [1.29, 1.82) is 0 Å². The van der Waals surface area contributed by atoms with E-state index in [9.17, 15) is 18.6 Å². The Kier molecular flexibility index (Phi) is 6.32. The Morgan fingerprint density at radius 1 is 1.08 bits per heavy atom. The molecule has 1 aromatic rings. The molecule has 136 valence electrons. The number of aryl methyl sites for hydroxylation is 1. The van der Waals surface area contributed by atoms with Crippen molar-refractivity contribution in [2.24, 2.45) is 0 Å². The third kappa shape index (κ3) is 4.12. The van der Waals surface area contributed by atoms with E-state index in [4.69, 9.17) is 18.4 Å². The van der Waals surface area contributed by atoms with Crippen LogP contribution in [0.2, 0.25) is 0 Å². The molecular formula is C15H22O8S. The summed E-state index contributed by atoms with van der Waals surface area (Å²) in [7, 11) is -1.36. The molecule has 0 radical (unpaired) electrons. The van der Waals surface area contributed by atoms with Crippen LogP contribution in [0.3, 0.4) is 0 Å². The Bertz CT molecular complexity index is 629. The largest absolute Gasteiger partial charge is 0.387 e. The molecule has 24 heavy (non-hydrogen) atoms. The second-order valence-electron chi connectivity index (χ2n) is 5.51. The highest BCUT2D eigenvalue weighted by atomic mass is 32.2. The van der Waals surface area contributed by atoms with Crippen molar-refractivity contribution in [3.8, 4) is 0 Å². The second kappa shape index (κ2) is 7.87. The number of aliphatic hydroxyl groups excluding tert-OH is 2. The quantitative estimate of drug-likeness (QED) is 0.670. The van der Waals surface area contributed by atoms with Gasteiger partial charge in [-0.2, -0.15) is 8.42 Å². The molecule has 0 spiro atoms. The Balaban J connectivity index is 2.08. The topological polar surface area (TPSA) is 112 Å². The van der Waals surface area contributed by atoms with E-state index in [1.807, 2.05) is 6.92 Å². The number of benzene rings is 1. The van der Waals surface area contributed by atoms with E-state index in [-0.39, 0.29) is 4.90 Å². The molecule has 2 rings (SSSR count). The van der Waals surface area contributed by atoms with E-state index in [0.717, 1.165) is 5.56 Å². The standard InChI is InChI=1S/C15H22O8S/c1-9-4-6-10(7-5-9)24(18,19)22-8-11-12(16)14(20-2)13(17)15(21-3)23-11/h4-7,11-17H,8H2,1-3H3/t11?,12-,13?,14+,15+/m1/s1. The van der Waals surface area contributed by atoms with Crippen LogP contribution >= 0.6 is 0 Å². The maximum absolute atomic E-state index is 12.2. The number of aliphatic hydroxyl groups is 2. The second-order valence-corrected chi connectivity index (χ2v) is 7.13. The molecule has 1 saturated heterocycles. The van der Waals surface area contributed by atoms with Gasteiger partial charge in [0.2, 0.25) is 0 Å². The summed E-state index contributed by atoms with van der Waals surface area (Å²) in [5, 5.41) is 20.1. The Labute approximate surface area is 141 Å². The maximum Gasteiger partial charge on any atom is 0.297 e. The summed E-state index contributed by atoms with van der Waals surface area (Å²) in [5.74, 6) is 0. The van der Waals surface area contributed by atoms with Crippen molar-refractivity contribution in [2.75, 3.05) is 20.8 Å². The van der Waals surface area contributed by atoms with Gasteiger partial charge in [-0.25, -0.2) is 0 Å². The van der Waals surface area contributed by atoms with Gasteiger partial charge in [0, 0.05) is 14.2 Å². The van der Waals surface area contributed by atoms with Crippen molar-refractivity contribution in [3.05, 3.63) is 29.8 Å². The molecule has 1 fully saturated rings. The summed E-state index contributed by atoms with van der Waals surface area (Å²) in [6.45, 7) is 1.40. The van der Waals surface area contributed by atoms with Crippen LogP contribution < -0.4 is 0 Å². The van der Waals surface area contributed by atoms with Crippen LogP contribution in [0, 0.1) is 6.92 Å². The summed E-state index contributed by atoms with van der Waals surface area (Å²) < 4.78 is 44.7. The molecule has 1 aromatic carbocycles. The number of methoxy groups -OCH3 is 2. The molecule has 0 aliphatic carbocycles. The molecule has 1 heterocycles. The summed E-state index contributed by atoms with van der Waals surface area (Å²) in [6, 6.07) is 6.17. The zero-order valence-electron chi connectivity index (χ0n) is 13.7. The zero-order valence-corrected chi connectivity index (χ0v) is 14.5. The third-order valence-corrected chi connectivity index (χ3v) is 5.14. The van der Waals surface area contributed by atoms with Gasteiger partial charge < -0.3 is 24.4 Å². The lowest BCUT2D eigenvalue weighted by atomic mass is 9.99. The Morgan fingerprint density at radius 2 is 1.71 bits per heavy atom. The van der Waals surface area contributed by atoms with E-state index in [1.54, 1.807) is 12.1 Å². The minimum absolute atomic E-state index is 0.00465. The van der Waals surface area contributed by atoms with Crippen LogP contribution in [-0.2, 0) is 28.5 Å². The van der Waals surface area contributed by atoms with Gasteiger partial charge in [-0.1, -0.05) is 17.7 Å². The fourth-order valence-corrected chi connectivity index (χ4v) is 3.36. The first-order chi connectivity index (χ1) is 11.3. The van der Waals surface area contributed by atoms with Crippen molar-refractivity contribution < 1.29 is 37.0 Å². The molecule has 2 N–H and O–H groups in total. The maximum atomic E-state index is 12.2. The molecule has 0 bridgehead atoms. The van der Waals surface area contributed by atoms with Crippen molar-refractivity contribution in [1.82, 2.24) is 0 Å². The normalized spacial score (nSPS) is 31.1. The first kappa shape index (κ1) is 19.3. The van der Waals surface area contributed by atoms with Gasteiger partial charge in [0.1, 0.15) is 24.4 Å². The van der Waals surface area contributed by atoms with Gasteiger partial charge in [0.15, 0.2) is 6.29 Å². The molecule has 9 heteroatoms. The number of hydrogen-bond donors (Lipinski definition) is 2. The minimum atomic E-state index is -4.00. The van der Waals surface area contributed by atoms with E-state index < -0.39 is 47.4 Å². The summed E-state index contributed by atoms with van der Waals surface area (Å²) >= 11 is 0. The van der Waals surface area contributed by atoms with E-state index in [2.05, 4.69) is 0 Å². The van der Waals surface area contributed by atoms with E-state index in [1.165, 1.54) is 26.4 Å². The van der Waals surface area contributed by atoms with Crippen LogP contribution in [0.5, 0.6) is 0 Å². The minimum Gasteiger partial charge on any atom is -0.387 e. The van der Waals surface area contributed by atoms with Crippen molar-refractivity contribution in [2.45, 2.75) is 42.5 Å². The van der Waals surface area contributed by atoms with E-state index >= 15 is 0 Å². The molecule has 0 aromatic heterocycles. The van der Waals surface area contributed by atoms with Crippen LogP contribution in [0.25, 0.3) is 0 Å². The van der Waals surface area contributed by atoms with Crippen molar-refractivity contribution in [3.63, 3.8) is 0 Å². The molecule has 2 unspecified atom stereocenters. The smallest absolute Gasteiger partial charge is 0.297 e. The predicted octanol–water partition coefficient (Wildman–Crippen LogP) is -0.192. The lowest BCUT2D eigenvalue weighted by Crippen LogP contribution is -2.59. The summed E-state index contributed by atoms with van der Waals surface area (Å²) in [5.41, 5.74) is 0.917. The number of ether oxygens (including phenoxy) is 3. The first-order valence-electron chi connectivity index (χ1n) is 7.33. The monoisotopic (exact) mass is 362 g/mol. The lowest BCUT2D eigenvalue weighted by molar-refractivity contribution is -0.296. The average molecular weight is 362 g/mol. The average Bonchev–Trinajstić information content (AvgIpc) is 2.55. The van der Waals surface area contributed by atoms with Crippen LogP contribution in [-0.4, -0.2) is 70.2 Å². The van der Waals surface area contributed by atoms with Gasteiger partial charge in [-0.3, -0.25) is 4.18 Å². The number of hydrogen-bond acceptors (Lipinski definition) is 8. The molecule has 8 nitrogen and oxygen atoms in total. The van der Waals surface area contributed by atoms with Gasteiger partial charge in [-0.15, -0.1) is 0 Å². The Morgan fingerprint density at radius 3 is 2.25 bits per heavy atom. The SMILES string of the molecule is CO[C@H]1OC(COS(=O)(=O)c2ccc(C)cc2)[C@@H](O)[C@H](OC)C1O. The van der Waals surface area contributed by atoms with Crippen molar-refractivity contribution >= 4 is 10.1 Å². The zero-order chi connectivity index (χ0) is 17.9. The van der Waals surface area contributed by atoms with Crippen LogP contribution in [0.1, 0.15) is 5.56 Å². The van der Waals surface area contributed by atoms with Crippen LogP contribution in [0.15, 0.2) is 29.2 Å². The highest BCUT2D eigenvalue weighted by molar-refractivity contribution is 7.86. The Hall–Kier alpha value is -1.07. The van der Waals surface area contributed by atoms with Gasteiger partial charge >= 0.3 is 0 Å². The van der Waals surface area contributed by atoms with Gasteiger partial charge in [0.25, 0.3) is 10.1 Å². The summed E-state index contributed by atoms with van der Waals surface area (Å²) in [6.07, 6.45) is -5.57. The highest BCUT2D eigenvalue weighted by Gasteiger charge is 2.45. The fraction of sp³-hybridized carbons (Fsp3) is 0.600. The van der Waals surface area contributed by atoms with Gasteiger partial charge in [0.05, 0.1) is 11.5 Å². The summed E-state index contributed by atoms with van der Waals surface area (Å²) in [4.78, 5) is 0.00465. The van der Waals surface area contributed by atoms with Crippen LogP contribution in [0.4, 0.5) is 0 Å². The third-order valence-electron chi connectivity index (χ3n) is 3.84. The molecule has 1 aliphatic heterocycles. The fourth-order valence-electron chi connectivity index (χ4n) is 2.44. The van der Waals surface area contributed by atoms with E-state index in [0.29, 0.717) is 0 Å². The molecular weight excluding hydrogens is 340 g/mol. The molecule has 0 amide bonds. The molecule has 0 saturated carbocycles. The molecule has 1 aliphatic rings.